The molecule has 1 aromatic heterocycles. The number of carbonyl (C=O) groups is 1. The number of hydrogen-bond donors (Lipinski definition) is 3. The lowest BCUT2D eigenvalue weighted by atomic mass is 9.98. The molecule has 38 heavy (non-hydrogen) atoms. The lowest BCUT2D eigenvalue weighted by molar-refractivity contribution is -0.118. The number of carbonyl (C=O) groups excluding carboxylic acids is 1. The molecule has 1 amide bonds. The van der Waals surface area contributed by atoms with Gasteiger partial charge in [-0.05, 0) is 60.7 Å². The van der Waals surface area contributed by atoms with Crippen LogP contribution in [-0.2, 0) is 10.3 Å². The van der Waals surface area contributed by atoms with Gasteiger partial charge in [0.1, 0.15) is 6.04 Å². The Labute approximate surface area is 223 Å². The Morgan fingerprint density at radius 1 is 1.00 bits per heavy atom. The van der Waals surface area contributed by atoms with Gasteiger partial charge in [0, 0.05) is 24.0 Å². The molecule has 4 rings (SSSR count). The summed E-state index contributed by atoms with van der Waals surface area (Å²) in [6.07, 6.45) is 3.68. The van der Waals surface area contributed by atoms with E-state index in [4.69, 9.17) is 5.26 Å². The highest BCUT2D eigenvalue weighted by Crippen LogP contribution is 2.25. The van der Waals surface area contributed by atoms with Crippen molar-refractivity contribution in [1.29, 1.82) is 5.26 Å². The molecular weight excluding hydrogens is 474 g/mol. The molecule has 2 unspecified atom stereocenters. The summed E-state index contributed by atoms with van der Waals surface area (Å²) in [4.78, 5) is 13.4. The first kappa shape index (κ1) is 26.8. The van der Waals surface area contributed by atoms with Gasteiger partial charge in [0.2, 0.25) is 5.91 Å². The van der Waals surface area contributed by atoms with Crippen molar-refractivity contribution in [2.45, 2.75) is 38.3 Å². The quantitative estimate of drug-likeness (QED) is 0.273. The van der Waals surface area contributed by atoms with Crippen molar-refractivity contribution in [3.63, 3.8) is 0 Å². The molecule has 0 fully saturated rings. The van der Waals surface area contributed by atoms with Crippen LogP contribution < -0.4 is 10.6 Å². The molecule has 194 valence electrons. The molecule has 0 bridgehead atoms. The summed E-state index contributed by atoms with van der Waals surface area (Å²) in [6, 6.07) is 26.5. The van der Waals surface area contributed by atoms with Gasteiger partial charge in [-0.2, -0.15) is 10.4 Å². The Hall–Kier alpha value is -4.25. The number of aromatic nitrogens is 2. The maximum absolute atomic E-state index is 13.4. The van der Waals surface area contributed by atoms with Gasteiger partial charge in [-0.25, -0.2) is 0 Å². The van der Waals surface area contributed by atoms with Gasteiger partial charge < -0.3 is 15.7 Å². The van der Waals surface area contributed by atoms with E-state index in [-0.39, 0.29) is 18.4 Å². The highest BCUT2D eigenvalue weighted by atomic mass is 16.3. The second-order valence-electron chi connectivity index (χ2n) is 10.1. The molecule has 0 saturated heterocycles. The summed E-state index contributed by atoms with van der Waals surface area (Å²) in [7, 11) is 0. The van der Waals surface area contributed by atoms with E-state index in [0.717, 1.165) is 22.3 Å². The Bertz CT molecular complexity index is 1390. The molecule has 2 atom stereocenters. The molecule has 1 heterocycles. The van der Waals surface area contributed by atoms with E-state index in [1.165, 1.54) is 0 Å². The number of amides is 1. The zero-order chi connectivity index (χ0) is 27.1. The molecule has 7 heteroatoms. The van der Waals surface area contributed by atoms with Crippen molar-refractivity contribution in [3.05, 3.63) is 108 Å². The van der Waals surface area contributed by atoms with Gasteiger partial charge in [0.05, 0.1) is 30.0 Å². The maximum Gasteiger partial charge on any atom is 0.246 e. The minimum Gasteiger partial charge on any atom is -0.394 e. The van der Waals surface area contributed by atoms with E-state index in [1.807, 2.05) is 98.9 Å². The molecular formula is C31H33N5O2. The minimum absolute atomic E-state index is 0.0119. The molecule has 0 saturated carbocycles. The fourth-order valence-corrected chi connectivity index (χ4v) is 4.14. The first-order valence-electron chi connectivity index (χ1n) is 12.7. The number of nitriles is 1. The molecule has 0 radical (unpaired) electrons. The predicted octanol–water partition coefficient (Wildman–Crippen LogP) is 5.22. The summed E-state index contributed by atoms with van der Waals surface area (Å²) in [5, 5.41) is 29.5. The van der Waals surface area contributed by atoms with Gasteiger partial charge in [-0.1, -0.05) is 61.5 Å². The van der Waals surface area contributed by atoms with Crippen LogP contribution in [0, 0.1) is 11.3 Å². The van der Waals surface area contributed by atoms with Crippen LogP contribution in [0.1, 0.15) is 49.4 Å². The Morgan fingerprint density at radius 3 is 2.32 bits per heavy atom. The van der Waals surface area contributed by atoms with Crippen LogP contribution in [0.25, 0.3) is 11.1 Å². The number of rotatable bonds is 10. The highest BCUT2D eigenvalue weighted by molar-refractivity contribution is 5.95. The molecule has 0 aliphatic rings. The number of aliphatic hydroxyl groups is 1. The van der Waals surface area contributed by atoms with Gasteiger partial charge >= 0.3 is 0 Å². The lowest BCUT2D eigenvalue weighted by Crippen LogP contribution is -2.35. The Kier molecular flexibility index (Phi) is 8.37. The molecule has 0 aliphatic carbocycles. The Balaban J connectivity index is 1.45. The predicted molar refractivity (Wildman–Crippen MR) is 149 cm³/mol. The van der Waals surface area contributed by atoms with Crippen molar-refractivity contribution in [1.82, 2.24) is 15.1 Å². The normalized spacial score (nSPS) is 12.9. The van der Waals surface area contributed by atoms with E-state index in [0.29, 0.717) is 17.8 Å². The van der Waals surface area contributed by atoms with Gasteiger partial charge in [0.25, 0.3) is 0 Å². The summed E-state index contributed by atoms with van der Waals surface area (Å²) in [5.74, 6) is 0.00580. The van der Waals surface area contributed by atoms with E-state index in [2.05, 4.69) is 28.7 Å². The third-order valence-electron chi connectivity index (χ3n) is 6.71. The van der Waals surface area contributed by atoms with Gasteiger partial charge in [-0.3, -0.25) is 9.48 Å². The van der Waals surface area contributed by atoms with E-state index < -0.39 is 11.6 Å². The van der Waals surface area contributed by atoms with Gasteiger partial charge in [0.15, 0.2) is 0 Å². The standard InChI is InChI=1S/C31H33N5O2/c1-22(24-11-9-23(17-32)10-12-24)18-33-29(26-7-5-4-6-8-26)30(38)35-28-15-13-25(14-16-28)27-19-34-36(20-27)31(2,3)21-37/h4-16,19-20,22,29,33,37H,18,21H2,1-3H3,(H,35,38). The molecule has 3 N–H and O–H groups in total. The van der Waals surface area contributed by atoms with E-state index in [9.17, 15) is 9.90 Å². The van der Waals surface area contributed by atoms with Crippen LogP contribution in [-0.4, -0.2) is 33.9 Å². The van der Waals surface area contributed by atoms with Gasteiger partial charge in [-0.15, -0.1) is 0 Å². The summed E-state index contributed by atoms with van der Waals surface area (Å²) < 4.78 is 1.76. The SMILES string of the molecule is CC(CNC(C(=O)Nc1ccc(-c2cnn(C(C)(C)CO)c2)cc1)c1ccccc1)c1ccc(C#N)cc1. The van der Waals surface area contributed by atoms with E-state index >= 15 is 0 Å². The summed E-state index contributed by atoms with van der Waals surface area (Å²) in [5.41, 5.74) is 4.73. The van der Waals surface area contributed by atoms with Crippen molar-refractivity contribution < 1.29 is 9.90 Å². The van der Waals surface area contributed by atoms with Crippen LogP contribution >= 0.6 is 0 Å². The fourth-order valence-electron chi connectivity index (χ4n) is 4.14. The maximum atomic E-state index is 13.4. The second kappa shape index (κ2) is 11.9. The number of nitrogens with one attached hydrogen (secondary N) is 2. The average molecular weight is 508 g/mol. The Morgan fingerprint density at radius 2 is 1.68 bits per heavy atom. The number of hydrogen-bond acceptors (Lipinski definition) is 5. The smallest absolute Gasteiger partial charge is 0.246 e. The number of aliphatic hydroxyl groups excluding tert-OH is 1. The zero-order valence-corrected chi connectivity index (χ0v) is 21.9. The first-order valence-corrected chi connectivity index (χ1v) is 12.7. The number of anilines is 1. The number of nitrogens with zero attached hydrogens (tertiary/aromatic N) is 3. The van der Waals surface area contributed by atoms with Crippen molar-refractivity contribution in [2.75, 3.05) is 18.5 Å². The molecule has 0 spiro atoms. The zero-order valence-electron chi connectivity index (χ0n) is 21.9. The molecule has 3 aromatic carbocycles. The molecule has 0 aliphatic heterocycles. The van der Waals surface area contributed by atoms with Crippen LogP contribution in [0.4, 0.5) is 5.69 Å². The van der Waals surface area contributed by atoms with Crippen molar-refractivity contribution in [2.24, 2.45) is 0 Å². The monoisotopic (exact) mass is 507 g/mol. The second-order valence-corrected chi connectivity index (χ2v) is 10.1. The van der Waals surface area contributed by atoms with E-state index in [1.54, 1.807) is 10.9 Å². The fraction of sp³-hybridized carbons (Fsp3) is 0.258. The lowest BCUT2D eigenvalue weighted by Gasteiger charge is -2.22. The first-order chi connectivity index (χ1) is 18.3. The number of benzene rings is 3. The highest BCUT2D eigenvalue weighted by Gasteiger charge is 2.22. The summed E-state index contributed by atoms with van der Waals surface area (Å²) >= 11 is 0. The summed E-state index contributed by atoms with van der Waals surface area (Å²) in [6.45, 7) is 6.51. The van der Waals surface area contributed by atoms with Crippen molar-refractivity contribution in [3.8, 4) is 17.2 Å². The van der Waals surface area contributed by atoms with Crippen LogP contribution in [0.3, 0.4) is 0 Å². The minimum atomic E-state index is -0.532. The molecule has 4 aromatic rings. The molecule has 7 nitrogen and oxygen atoms in total. The third kappa shape index (κ3) is 6.35. The topological polar surface area (TPSA) is 103 Å². The van der Waals surface area contributed by atoms with Crippen LogP contribution in [0.15, 0.2) is 91.3 Å². The van der Waals surface area contributed by atoms with Crippen molar-refractivity contribution >= 4 is 11.6 Å². The van der Waals surface area contributed by atoms with Crippen LogP contribution in [0.5, 0.6) is 0 Å². The third-order valence-corrected chi connectivity index (χ3v) is 6.71. The largest absolute Gasteiger partial charge is 0.394 e. The van der Waals surface area contributed by atoms with Crippen LogP contribution in [0.2, 0.25) is 0 Å². The average Bonchev–Trinajstić information content (AvgIpc) is 3.45.